The minimum absolute atomic E-state index is 0.0274. The summed E-state index contributed by atoms with van der Waals surface area (Å²) < 4.78 is 1.96. The van der Waals surface area contributed by atoms with Crippen molar-refractivity contribution in [2.45, 2.75) is 72.3 Å². The first kappa shape index (κ1) is 29.7. The Kier molecular flexibility index (Phi) is 10.1. The van der Waals surface area contributed by atoms with E-state index in [-0.39, 0.29) is 17.9 Å². The highest BCUT2D eigenvalue weighted by molar-refractivity contribution is 5.95. The number of fused-ring (bicyclic) bond motifs is 1. The number of anilines is 1. The Morgan fingerprint density at radius 1 is 1.07 bits per heavy atom. The summed E-state index contributed by atoms with van der Waals surface area (Å²) in [6, 6.07) is 15.1. The summed E-state index contributed by atoms with van der Waals surface area (Å²) in [4.78, 5) is 31.2. The minimum Gasteiger partial charge on any atom is -0.352 e. The quantitative estimate of drug-likeness (QED) is 0.252. The number of nitrogens with zero attached hydrogens (tertiary/aromatic N) is 7. The molecular formula is C33H41N7O. The Bertz CT molecular complexity index is 1490. The summed E-state index contributed by atoms with van der Waals surface area (Å²) in [5, 5.41) is 10.4. The van der Waals surface area contributed by atoms with Crippen molar-refractivity contribution < 1.29 is 4.79 Å². The van der Waals surface area contributed by atoms with Crippen LogP contribution in [0.25, 0.3) is 16.9 Å². The van der Waals surface area contributed by atoms with Crippen molar-refractivity contribution in [1.29, 1.82) is 5.26 Å². The van der Waals surface area contributed by atoms with Gasteiger partial charge < -0.3 is 9.80 Å². The number of amides is 1. The van der Waals surface area contributed by atoms with E-state index < -0.39 is 0 Å². The first-order valence-electron chi connectivity index (χ1n) is 14.8. The van der Waals surface area contributed by atoms with Crippen molar-refractivity contribution in [3.63, 3.8) is 0 Å². The molecule has 0 radical (unpaired) electrons. The normalized spacial score (nSPS) is 15.7. The van der Waals surface area contributed by atoms with Crippen LogP contribution in [-0.2, 0) is 0 Å². The molecule has 0 N–H and O–H groups in total. The summed E-state index contributed by atoms with van der Waals surface area (Å²) in [6.07, 6.45) is 10.4. The van der Waals surface area contributed by atoms with Gasteiger partial charge in [-0.2, -0.15) is 5.26 Å². The number of piperazine rings is 1. The fourth-order valence-electron chi connectivity index (χ4n) is 5.25. The number of rotatable bonds is 7. The van der Waals surface area contributed by atoms with Crippen molar-refractivity contribution in [1.82, 2.24) is 24.4 Å². The average molecular weight is 552 g/mol. The molecule has 2 unspecified atom stereocenters. The lowest BCUT2D eigenvalue weighted by molar-refractivity contribution is 0.0674. The molecule has 0 aliphatic carbocycles. The first-order chi connectivity index (χ1) is 19.9. The van der Waals surface area contributed by atoms with Crippen LogP contribution >= 0.6 is 0 Å². The lowest BCUT2D eigenvalue weighted by Crippen LogP contribution is -2.54. The van der Waals surface area contributed by atoms with Gasteiger partial charge in [0.1, 0.15) is 18.0 Å². The second-order valence-electron chi connectivity index (χ2n) is 10.7. The molecule has 1 fully saturated rings. The molecule has 0 bridgehead atoms. The molecule has 1 aromatic carbocycles. The molecule has 4 heterocycles. The zero-order valence-corrected chi connectivity index (χ0v) is 24.9. The number of hydrogen-bond acceptors (Lipinski definition) is 6. The van der Waals surface area contributed by atoms with Gasteiger partial charge in [0.2, 0.25) is 0 Å². The zero-order valence-electron chi connectivity index (χ0n) is 24.9. The maximum atomic E-state index is 13.1. The number of nitriles is 1. The number of hydrogen-bond donors (Lipinski definition) is 0. The van der Waals surface area contributed by atoms with Crippen LogP contribution < -0.4 is 4.90 Å². The van der Waals surface area contributed by atoms with Crippen LogP contribution in [0.1, 0.15) is 87.7 Å². The number of carbonyl (C=O) groups excluding carboxylic acids is 1. The van der Waals surface area contributed by atoms with Gasteiger partial charge in [-0.15, -0.1) is 0 Å². The predicted molar refractivity (Wildman–Crippen MR) is 164 cm³/mol. The molecule has 4 aromatic rings. The van der Waals surface area contributed by atoms with Crippen LogP contribution in [0.3, 0.4) is 0 Å². The van der Waals surface area contributed by atoms with Crippen LogP contribution in [0.5, 0.6) is 0 Å². The molecule has 41 heavy (non-hydrogen) atoms. The fraction of sp³-hybridized carbons (Fsp3) is 0.424. The van der Waals surface area contributed by atoms with Crippen LogP contribution in [0.15, 0.2) is 61.2 Å². The van der Waals surface area contributed by atoms with Gasteiger partial charge in [0.25, 0.3) is 5.91 Å². The van der Waals surface area contributed by atoms with E-state index in [4.69, 9.17) is 4.98 Å². The Hall–Kier alpha value is -4.25. The number of benzene rings is 1. The SMILES string of the molecule is CCC(C)c1cn(-c2cc(C#N)ccn2)c2ncnc(N3CCN(C(=O)c4ccccc4)C(C)C3)c12.CCCCC. The highest BCUT2D eigenvalue weighted by Gasteiger charge is 2.31. The number of aromatic nitrogens is 4. The largest absolute Gasteiger partial charge is 0.352 e. The molecule has 1 aliphatic rings. The Balaban J connectivity index is 0.000000714. The molecular weight excluding hydrogens is 510 g/mol. The van der Waals surface area contributed by atoms with Gasteiger partial charge >= 0.3 is 0 Å². The third-order valence-electron chi connectivity index (χ3n) is 7.77. The van der Waals surface area contributed by atoms with Crippen molar-refractivity contribution in [2.75, 3.05) is 24.5 Å². The number of pyridine rings is 1. The van der Waals surface area contributed by atoms with E-state index in [9.17, 15) is 10.1 Å². The van der Waals surface area contributed by atoms with Gasteiger partial charge in [0.05, 0.1) is 17.0 Å². The van der Waals surface area contributed by atoms with E-state index in [1.807, 2.05) is 39.8 Å². The second kappa shape index (κ2) is 13.9. The van der Waals surface area contributed by atoms with Crippen LogP contribution in [0.2, 0.25) is 0 Å². The molecule has 1 aliphatic heterocycles. The molecule has 1 saturated heterocycles. The highest BCUT2D eigenvalue weighted by Crippen LogP contribution is 2.36. The highest BCUT2D eigenvalue weighted by atomic mass is 16.2. The molecule has 8 nitrogen and oxygen atoms in total. The van der Waals surface area contributed by atoms with Gasteiger partial charge in [-0.3, -0.25) is 9.36 Å². The molecule has 214 valence electrons. The molecule has 1 amide bonds. The van der Waals surface area contributed by atoms with Gasteiger partial charge in [-0.05, 0) is 49.1 Å². The Labute approximate surface area is 243 Å². The monoisotopic (exact) mass is 551 g/mol. The molecule has 0 saturated carbocycles. The minimum atomic E-state index is 0.0274. The number of carbonyl (C=O) groups is 1. The van der Waals surface area contributed by atoms with E-state index in [0.717, 1.165) is 28.8 Å². The summed E-state index contributed by atoms with van der Waals surface area (Å²) in [5.41, 5.74) is 3.19. The summed E-state index contributed by atoms with van der Waals surface area (Å²) in [7, 11) is 0. The van der Waals surface area contributed by atoms with Crippen LogP contribution in [0.4, 0.5) is 5.82 Å². The zero-order chi connectivity index (χ0) is 29.4. The average Bonchev–Trinajstić information content (AvgIpc) is 3.41. The van der Waals surface area contributed by atoms with Crippen molar-refractivity contribution in [2.24, 2.45) is 0 Å². The summed E-state index contributed by atoms with van der Waals surface area (Å²) >= 11 is 0. The summed E-state index contributed by atoms with van der Waals surface area (Å²) in [5.74, 6) is 1.88. The van der Waals surface area contributed by atoms with Gasteiger partial charge in [0, 0.05) is 43.6 Å². The van der Waals surface area contributed by atoms with Gasteiger partial charge in [-0.25, -0.2) is 15.0 Å². The predicted octanol–water partition coefficient (Wildman–Crippen LogP) is 6.75. The molecule has 8 heteroatoms. The summed E-state index contributed by atoms with van der Waals surface area (Å²) in [6.45, 7) is 12.9. The lowest BCUT2D eigenvalue weighted by Gasteiger charge is -2.40. The standard InChI is InChI=1S/C28H29N7O.C5H12/c1-4-19(2)23-17-35(24-14-21(15-29)10-11-30-24)27-25(23)26(31-18-32-27)33-12-13-34(20(3)16-33)28(36)22-8-6-5-7-9-22;1-3-5-4-2/h5-11,14,17-20H,4,12-13,16H2,1-3H3;3-5H2,1-2H3. The molecule has 5 rings (SSSR count). The third-order valence-corrected chi connectivity index (χ3v) is 7.77. The molecule has 0 spiro atoms. The van der Waals surface area contributed by atoms with Crippen molar-refractivity contribution >= 4 is 22.8 Å². The Morgan fingerprint density at radius 2 is 1.83 bits per heavy atom. The first-order valence-corrected chi connectivity index (χ1v) is 14.8. The molecule has 3 aromatic heterocycles. The third kappa shape index (κ3) is 6.57. The van der Waals surface area contributed by atoms with E-state index in [1.54, 1.807) is 24.7 Å². The van der Waals surface area contributed by atoms with Crippen LogP contribution in [0, 0.1) is 11.3 Å². The van der Waals surface area contributed by atoms with E-state index in [2.05, 4.69) is 61.8 Å². The van der Waals surface area contributed by atoms with Crippen molar-refractivity contribution in [3.05, 3.63) is 77.9 Å². The van der Waals surface area contributed by atoms with Crippen molar-refractivity contribution in [3.8, 4) is 11.9 Å². The topological polar surface area (TPSA) is 90.9 Å². The maximum Gasteiger partial charge on any atom is 0.254 e. The lowest BCUT2D eigenvalue weighted by atomic mass is 9.98. The fourth-order valence-corrected chi connectivity index (χ4v) is 5.25. The van der Waals surface area contributed by atoms with Gasteiger partial charge in [-0.1, -0.05) is 65.2 Å². The Morgan fingerprint density at radius 3 is 2.46 bits per heavy atom. The van der Waals surface area contributed by atoms with E-state index in [0.29, 0.717) is 36.6 Å². The van der Waals surface area contributed by atoms with E-state index >= 15 is 0 Å². The second-order valence-corrected chi connectivity index (χ2v) is 10.7. The van der Waals surface area contributed by atoms with Gasteiger partial charge in [0.15, 0.2) is 5.65 Å². The molecule has 2 atom stereocenters. The maximum absolute atomic E-state index is 13.1. The van der Waals surface area contributed by atoms with E-state index in [1.165, 1.54) is 19.3 Å². The smallest absolute Gasteiger partial charge is 0.254 e. The number of unbranched alkanes of at least 4 members (excludes halogenated alkanes) is 2. The van der Waals surface area contributed by atoms with Crippen LogP contribution in [-0.4, -0.2) is 56.0 Å².